The van der Waals surface area contributed by atoms with Gasteiger partial charge in [0.25, 0.3) is 5.91 Å². The number of carbonyl (C=O) groups is 2. The van der Waals surface area contributed by atoms with Crippen molar-refractivity contribution in [1.82, 2.24) is 0 Å². The van der Waals surface area contributed by atoms with Crippen molar-refractivity contribution in [3.63, 3.8) is 0 Å². The molecule has 2 aromatic rings. The highest BCUT2D eigenvalue weighted by Crippen LogP contribution is 2.14. The number of amides is 2. The summed E-state index contributed by atoms with van der Waals surface area (Å²) in [4.78, 5) is 28.1. The highest BCUT2D eigenvalue weighted by Gasteiger charge is 2.05. The Bertz CT molecular complexity index is 827. The molecular formula is C20H23N3O3. The summed E-state index contributed by atoms with van der Waals surface area (Å²) in [5.74, 6) is -0.396. The van der Waals surface area contributed by atoms with Gasteiger partial charge in [0, 0.05) is 18.3 Å². The van der Waals surface area contributed by atoms with E-state index in [-0.39, 0.29) is 18.4 Å². The maximum Gasteiger partial charge on any atom is 0.265 e. The van der Waals surface area contributed by atoms with Gasteiger partial charge in [-0.2, -0.15) is 0 Å². The Morgan fingerprint density at radius 3 is 2.19 bits per heavy atom. The summed E-state index contributed by atoms with van der Waals surface area (Å²) in [6.07, 6.45) is 0. The number of benzene rings is 2. The minimum Gasteiger partial charge on any atom is -0.385 e. The molecule has 136 valence electrons. The van der Waals surface area contributed by atoms with Crippen LogP contribution in [0.5, 0.6) is 0 Å². The van der Waals surface area contributed by atoms with E-state index in [4.69, 9.17) is 4.84 Å². The van der Waals surface area contributed by atoms with E-state index in [1.165, 1.54) is 12.5 Å². The highest BCUT2D eigenvalue weighted by atomic mass is 16.6. The molecule has 6 nitrogen and oxygen atoms in total. The monoisotopic (exact) mass is 353 g/mol. The topological polar surface area (TPSA) is 79.8 Å². The van der Waals surface area contributed by atoms with E-state index >= 15 is 0 Å². The third-order valence-corrected chi connectivity index (χ3v) is 3.81. The lowest BCUT2D eigenvalue weighted by atomic mass is 10.1. The molecule has 6 heteroatoms. The van der Waals surface area contributed by atoms with Crippen LogP contribution in [-0.2, 0) is 14.4 Å². The molecule has 2 rings (SSSR count). The van der Waals surface area contributed by atoms with Crippen molar-refractivity contribution in [2.75, 3.05) is 17.2 Å². The molecule has 0 aliphatic heterocycles. The lowest BCUT2D eigenvalue weighted by Gasteiger charge is -2.07. The third-order valence-electron chi connectivity index (χ3n) is 3.81. The zero-order valence-electron chi connectivity index (χ0n) is 15.4. The lowest BCUT2D eigenvalue weighted by molar-refractivity contribution is -0.120. The summed E-state index contributed by atoms with van der Waals surface area (Å²) in [6, 6.07) is 12.9. The van der Waals surface area contributed by atoms with Crippen molar-refractivity contribution >= 4 is 28.9 Å². The number of anilines is 2. The van der Waals surface area contributed by atoms with Crippen LogP contribution in [0.4, 0.5) is 11.4 Å². The number of carbonyl (C=O) groups excluding carboxylic acids is 2. The van der Waals surface area contributed by atoms with E-state index in [0.717, 1.165) is 16.8 Å². The first-order chi connectivity index (χ1) is 12.3. The Morgan fingerprint density at radius 1 is 0.923 bits per heavy atom. The normalized spacial score (nSPS) is 11.0. The van der Waals surface area contributed by atoms with E-state index in [0.29, 0.717) is 11.4 Å². The van der Waals surface area contributed by atoms with Crippen molar-refractivity contribution in [3.05, 3.63) is 59.2 Å². The van der Waals surface area contributed by atoms with Gasteiger partial charge in [-0.05, 0) is 61.7 Å². The molecule has 2 N–H and O–H groups in total. The van der Waals surface area contributed by atoms with Crippen LogP contribution in [0.3, 0.4) is 0 Å². The molecular weight excluding hydrogens is 330 g/mol. The summed E-state index contributed by atoms with van der Waals surface area (Å²) in [7, 11) is 0. The number of nitrogens with zero attached hydrogens (tertiary/aromatic N) is 1. The molecule has 0 spiro atoms. The molecule has 0 heterocycles. The first-order valence-corrected chi connectivity index (χ1v) is 8.27. The molecule has 0 aliphatic carbocycles. The molecule has 0 bridgehead atoms. The summed E-state index contributed by atoms with van der Waals surface area (Å²) in [5, 5.41) is 9.44. The summed E-state index contributed by atoms with van der Waals surface area (Å²) < 4.78 is 0. The van der Waals surface area contributed by atoms with E-state index in [9.17, 15) is 9.59 Å². The fourth-order valence-electron chi connectivity index (χ4n) is 2.25. The van der Waals surface area contributed by atoms with Crippen LogP contribution >= 0.6 is 0 Å². The van der Waals surface area contributed by atoms with E-state index in [1.54, 1.807) is 19.1 Å². The van der Waals surface area contributed by atoms with Gasteiger partial charge in [-0.1, -0.05) is 23.4 Å². The second kappa shape index (κ2) is 8.80. The Morgan fingerprint density at radius 2 is 1.58 bits per heavy atom. The van der Waals surface area contributed by atoms with Crippen LogP contribution in [0.2, 0.25) is 0 Å². The molecule has 0 aromatic heterocycles. The van der Waals surface area contributed by atoms with Gasteiger partial charge in [-0.3, -0.25) is 9.59 Å². The number of rotatable bonds is 6. The van der Waals surface area contributed by atoms with Crippen molar-refractivity contribution < 1.29 is 14.4 Å². The van der Waals surface area contributed by atoms with Gasteiger partial charge in [0.2, 0.25) is 5.91 Å². The number of nitrogens with one attached hydrogen (secondary N) is 2. The predicted octanol–water partition coefficient (Wildman–Crippen LogP) is 3.64. The van der Waals surface area contributed by atoms with Gasteiger partial charge in [0.1, 0.15) is 0 Å². The molecule has 0 atom stereocenters. The number of hydrogen-bond donors (Lipinski definition) is 2. The second-order valence-electron chi connectivity index (χ2n) is 6.06. The first kappa shape index (κ1) is 19.2. The van der Waals surface area contributed by atoms with Crippen LogP contribution in [0, 0.1) is 13.8 Å². The van der Waals surface area contributed by atoms with Gasteiger partial charge >= 0.3 is 0 Å². The summed E-state index contributed by atoms with van der Waals surface area (Å²) in [6.45, 7) is 7.08. The first-order valence-electron chi connectivity index (χ1n) is 8.27. The molecule has 0 unspecified atom stereocenters. The van der Waals surface area contributed by atoms with Gasteiger partial charge in [-0.15, -0.1) is 0 Å². The minimum absolute atomic E-state index is 0.124. The fraction of sp³-hybridized carbons (Fsp3) is 0.250. The van der Waals surface area contributed by atoms with Crippen molar-refractivity contribution in [2.24, 2.45) is 5.16 Å². The molecule has 0 radical (unpaired) electrons. The zero-order chi connectivity index (χ0) is 19.1. The van der Waals surface area contributed by atoms with Crippen LogP contribution in [0.1, 0.15) is 30.5 Å². The highest BCUT2D eigenvalue weighted by molar-refractivity contribution is 5.99. The second-order valence-corrected chi connectivity index (χ2v) is 6.06. The fourth-order valence-corrected chi connectivity index (χ4v) is 2.25. The SMILES string of the molecule is CC(=O)Nc1ccc(/C(C)=N/OCC(=O)Nc2ccc(C)c(C)c2)cc1. The Kier molecular flexibility index (Phi) is 6.49. The Labute approximate surface area is 153 Å². The molecule has 0 aliphatic rings. The van der Waals surface area contributed by atoms with Gasteiger partial charge in [0.15, 0.2) is 6.61 Å². The lowest BCUT2D eigenvalue weighted by Crippen LogP contribution is -2.17. The van der Waals surface area contributed by atoms with E-state index in [2.05, 4.69) is 15.8 Å². The Balaban J connectivity index is 1.87. The molecule has 0 fully saturated rings. The minimum atomic E-state index is -0.272. The third kappa shape index (κ3) is 5.73. The summed E-state index contributed by atoms with van der Waals surface area (Å²) >= 11 is 0. The summed E-state index contributed by atoms with van der Waals surface area (Å²) in [5.41, 5.74) is 5.20. The van der Waals surface area contributed by atoms with Crippen molar-refractivity contribution in [3.8, 4) is 0 Å². The standard InChI is InChI=1S/C20H23N3O3/c1-13-5-8-19(11-14(13)2)22-20(25)12-26-23-15(3)17-6-9-18(10-7-17)21-16(4)24/h5-11H,12H2,1-4H3,(H,21,24)(H,22,25)/b23-15+. The maximum absolute atomic E-state index is 11.9. The number of aryl methyl sites for hydroxylation is 2. The molecule has 26 heavy (non-hydrogen) atoms. The molecule has 0 saturated carbocycles. The van der Waals surface area contributed by atoms with Crippen LogP contribution in [-0.4, -0.2) is 24.1 Å². The molecule has 2 amide bonds. The van der Waals surface area contributed by atoms with Crippen LogP contribution in [0.15, 0.2) is 47.6 Å². The van der Waals surface area contributed by atoms with Gasteiger partial charge < -0.3 is 15.5 Å². The number of oxime groups is 1. The maximum atomic E-state index is 11.9. The van der Waals surface area contributed by atoms with Gasteiger partial charge in [-0.25, -0.2) is 0 Å². The Hall–Kier alpha value is -3.15. The molecule has 2 aromatic carbocycles. The van der Waals surface area contributed by atoms with E-state index in [1.807, 2.05) is 44.2 Å². The van der Waals surface area contributed by atoms with Gasteiger partial charge in [0.05, 0.1) is 5.71 Å². The average Bonchev–Trinajstić information content (AvgIpc) is 2.58. The number of hydrogen-bond acceptors (Lipinski definition) is 4. The smallest absolute Gasteiger partial charge is 0.265 e. The van der Waals surface area contributed by atoms with E-state index < -0.39 is 0 Å². The predicted molar refractivity (Wildman–Crippen MR) is 103 cm³/mol. The van der Waals surface area contributed by atoms with Crippen molar-refractivity contribution in [2.45, 2.75) is 27.7 Å². The van der Waals surface area contributed by atoms with Crippen LogP contribution in [0.25, 0.3) is 0 Å². The average molecular weight is 353 g/mol. The largest absolute Gasteiger partial charge is 0.385 e. The molecule has 0 saturated heterocycles. The quantitative estimate of drug-likeness (QED) is 0.614. The van der Waals surface area contributed by atoms with Crippen LogP contribution < -0.4 is 10.6 Å². The van der Waals surface area contributed by atoms with Crippen molar-refractivity contribution in [1.29, 1.82) is 0 Å². The zero-order valence-corrected chi connectivity index (χ0v) is 15.4.